The first-order valence-electron chi connectivity index (χ1n) is 10.4. The van der Waals surface area contributed by atoms with Gasteiger partial charge in [0.25, 0.3) is 0 Å². The van der Waals surface area contributed by atoms with Crippen LogP contribution in [0.5, 0.6) is 0 Å². The molecule has 0 bridgehead atoms. The van der Waals surface area contributed by atoms with Gasteiger partial charge in [-0.25, -0.2) is 9.97 Å². The summed E-state index contributed by atoms with van der Waals surface area (Å²) in [7, 11) is 0. The van der Waals surface area contributed by atoms with E-state index in [1.165, 1.54) is 12.8 Å². The largest absolute Gasteiger partial charge is 0.357 e. The van der Waals surface area contributed by atoms with Crippen molar-refractivity contribution in [2.24, 2.45) is 10.9 Å². The molecule has 27 heavy (non-hydrogen) atoms. The van der Waals surface area contributed by atoms with Crippen LogP contribution in [0, 0.1) is 5.92 Å². The minimum Gasteiger partial charge on any atom is -0.357 e. The molecule has 1 aliphatic rings. The van der Waals surface area contributed by atoms with E-state index in [2.05, 4.69) is 58.1 Å². The Morgan fingerprint density at radius 2 is 1.81 bits per heavy atom. The lowest BCUT2D eigenvalue weighted by atomic mass is 10.0. The lowest BCUT2D eigenvalue weighted by Gasteiger charge is -2.34. The van der Waals surface area contributed by atoms with Gasteiger partial charge in [-0.2, -0.15) is 0 Å². The molecule has 1 saturated heterocycles. The monoisotopic (exact) mass is 375 g/mol. The fourth-order valence-corrected chi connectivity index (χ4v) is 3.14. The van der Waals surface area contributed by atoms with E-state index in [9.17, 15) is 0 Å². The van der Waals surface area contributed by atoms with Crippen molar-refractivity contribution in [3.05, 3.63) is 18.5 Å². The molecule has 1 unspecified atom stereocenters. The summed E-state index contributed by atoms with van der Waals surface area (Å²) < 4.78 is 0. The minimum atomic E-state index is 0.444. The predicted molar refractivity (Wildman–Crippen MR) is 113 cm³/mol. The van der Waals surface area contributed by atoms with Crippen LogP contribution in [0.1, 0.15) is 40.5 Å². The number of nitrogens with zero attached hydrogens (tertiary/aromatic N) is 5. The van der Waals surface area contributed by atoms with E-state index in [-0.39, 0.29) is 0 Å². The van der Waals surface area contributed by atoms with Crippen molar-refractivity contribution >= 4 is 11.9 Å². The van der Waals surface area contributed by atoms with Gasteiger partial charge < -0.3 is 15.5 Å². The lowest BCUT2D eigenvalue weighted by Crippen LogP contribution is -2.48. The molecule has 1 aromatic rings. The molecule has 1 fully saturated rings. The van der Waals surface area contributed by atoms with Crippen molar-refractivity contribution in [2.75, 3.05) is 50.7 Å². The molecule has 0 aromatic carbocycles. The molecule has 152 valence electrons. The number of hydrogen-bond acceptors (Lipinski definition) is 5. The van der Waals surface area contributed by atoms with Gasteiger partial charge >= 0.3 is 0 Å². The number of hydrogen-bond donors (Lipinski definition) is 2. The van der Waals surface area contributed by atoms with Crippen LogP contribution in [0.3, 0.4) is 0 Å². The second kappa shape index (κ2) is 11.7. The first-order valence-corrected chi connectivity index (χ1v) is 10.4. The molecule has 2 heterocycles. The van der Waals surface area contributed by atoms with Gasteiger partial charge in [0.1, 0.15) is 0 Å². The Bertz CT molecular complexity index is 539. The second-order valence-electron chi connectivity index (χ2n) is 7.65. The fraction of sp³-hybridized carbons (Fsp3) is 0.750. The Morgan fingerprint density at radius 1 is 1.11 bits per heavy atom. The van der Waals surface area contributed by atoms with E-state index in [1.807, 2.05) is 6.07 Å². The highest BCUT2D eigenvalue weighted by Crippen LogP contribution is 2.09. The number of guanidine groups is 1. The Labute approximate surface area is 164 Å². The number of rotatable bonds is 9. The minimum absolute atomic E-state index is 0.444. The predicted octanol–water partition coefficient (Wildman–Crippen LogP) is 1.98. The number of anilines is 1. The molecule has 2 rings (SSSR count). The van der Waals surface area contributed by atoms with Crippen molar-refractivity contribution in [2.45, 2.75) is 46.6 Å². The van der Waals surface area contributed by atoms with Crippen molar-refractivity contribution in [3.63, 3.8) is 0 Å². The van der Waals surface area contributed by atoms with Crippen LogP contribution in [-0.4, -0.2) is 72.7 Å². The van der Waals surface area contributed by atoms with Gasteiger partial charge in [0.2, 0.25) is 5.95 Å². The standard InChI is InChI=1S/C20H37N7/c1-5-21-19(25-18(4)8-7-17(2)3)22-11-12-26-13-15-27(16-14-26)20-23-9-6-10-24-20/h6,9-10,17-18H,5,7-8,11-16H2,1-4H3,(H2,21,22,25). The molecule has 1 aliphatic heterocycles. The third kappa shape index (κ3) is 8.12. The van der Waals surface area contributed by atoms with Crippen LogP contribution in [0.25, 0.3) is 0 Å². The summed E-state index contributed by atoms with van der Waals surface area (Å²) in [4.78, 5) is 18.2. The number of aliphatic imine (C=N–C) groups is 1. The molecule has 0 aliphatic carbocycles. The van der Waals surface area contributed by atoms with Crippen molar-refractivity contribution in [1.29, 1.82) is 0 Å². The third-order valence-electron chi connectivity index (χ3n) is 4.80. The van der Waals surface area contributed by atoms with E-state index >= 15 is 0 Å². The summed E-state index contributed by atoms with van der Waals surface area (Å²) in [5, 5.41) is 6.90. The maximum atomic E-state index is 4.77. The van der Waals surface area contributed by atoms with Crippen LogP contribution >= 0.6 is 0 Å². The Hall–Kier alpha value is -1.89. The zero-order chi connectivity index (χ0) is 19.5. The van der Waals surface area contributed by atoms with E-state index in [1.54, 1.807) is 12.4 Å². The molecule has 0 radical (unpaired) electrons. The van der Waals surface area contributed by atoms with Gasteiger partial charge in [-0.05, 0) is 38.7 Å². The topological polar surface area (TPSA) is 68.7 Å². The summed E-state index contributed by atoms with van der Waals surface area (Å²) in [6, 6.07) is 2.30. The first kappa shape index (κ1) is 21.4. The lowest BCUT2D eigenvalue weighted by molar-refractivity contribution is 0.263. The van der Waals surface area contributed by atoms with Crippen LogP contribution in [0.4, 0.5) is 5.95 Å². The van der Waals surface area contributed by atoms with Gasteiger partial charge in [-0.1, -0.05) is 13.8 Å². The average molecular weight is 376 g/mol. The average Bonchev–Trinajstić information content (AvgIpc) is 2.68. The SMILES string of the molecule is CCNC(=NCCN1CCN(c2ncccn2)CC1)NC(C)CCC(C)C. The zero-order valence-corrected chi connectivity index (χ0v) is 17.5. The molecule has 2 N–H and O–H groups in total. The summed E-state index contributed by atoms with van der Waals surface area (Å²) in [5.41, 5.74) is 0. The Kier molecular flexibility index (Phi) is 9.31. The van der Waals surface area contributed by atoms with Crippen LogP contribution in [0.15, 0.2) is 23.5 Å². The van der Waals surface area contributed by atoms with E-state index in [4.69, 9.17) is 4.99 Å². The molecule has 1 aromatic heterocycles. The fourth-order valence-electron chi connectivity index (χ4n) is 3.14. The first-order chi connectivity index (χ1) is 13.1. The van der Waals surface area contributed by atoms with E-state index < -0.39 is 0 Å². The molecule has 7 heteroatoms. The number of aromatic nitrogens is 2. The Morgan fingerprint density at radius 3 is 2.44 bits per heavy atom. The quantitative estimate of drug-likeness (QED) is 0.508. The molecule has 7 nitrogen and oxygen atoms in total. The van der Waals surface area contributed by atoms with Gasteiger partial charge in [-0.3, -0.25) is 9.89 Å². The van der Waals surface area contributed by atoms with Crippen molar-refractivity contribution in [3.8, 4) is 0 Å². The van der Waals surface area contributed by atoms with Gasteiger partial charge in [0, 0.05) is 57.7 Å². The van der Waals surface area contributed by atoms with Crippen LogP contribution in [0.2, 0.25) is 0 Å². The van der Waals surface area contributed by atoms with Crippen molar-refractivity contribution in [1.82, 2.24) is 25.5 Å². The molecular formula is C20H37N7. The summed E-state index contributed by atoms with van der Waals surface area (Å²) in [6.45, 7) is 15.6. The summed E-state index contributed by atoms with van der Waals surface area (Å²) >= 11 is 0. The van der Waals surface area contributed by atoms with Crippen molar-refractivity contribution < 1.29 is 0 Å². The molecule has 0 amide bonds. The molecule has 1 atom stereocenters. The normalized spacial score (nSPS) is 17.2. The molecular weight excluding hydrogens is 338 g/mol. The third-order valence-corrected chi connectivity index (χ3v) is 4.80. The smallest absolute Gasteiger partial charge is 0.225 e. The van der Waals surface area contributed by atoms with Gasteiger partial charge in [0.05, 0.1) is 6.54 Å². The maximum absolute atomic E-state index is 4.77. The Balaban J connectivity index is 1.72. The van der Waals surface area contributed by atoms with Gasteiger partial charge in [-0.15, -0.1) is 0 Å². The van der Waals surface area contributed by atoms with Crippen LogP contribution < -0.4 is 15.5 Å². The zero-order valence-electron chi connectivity index (χ0n) is 17.5. The van der Waals surface area contributed by atoms with E-state index in [0.717, 1.165) is 63.6 Å². The summed E-state index contributed by atoms with van der Waals surface area (Å²) in [5.74, 6) is 2.52. The van der Waals surface area contributed by atoms with Gasteiger partial charge in [0.15, 0.2) is 5.96 Å². The van der Waals surface area contributed by atoms with Crippen LogP contribution in [-0.2, 0) is 0 Å². The molecule has 0 spiro atoms. The van der Waals surface area contributed by atoms with E-state index in [0.29, 0.717) is 6.04 Å². The highest BCUT2D eigenvalue weighted by molar-refractivity contribution is 5.80. The maximum Gasteiger partial charge on any atom is 0.225 e. The highest BCUT2D eigenvalue weighted by Gasteiger charge is 2.18. The summed E-state index contributed by atoms with van der Waals surface area (Å²) in [6.07, 6.45) is 6.02. The second-order valence-corrected chi connectivity index (χ2v) is 7.65. The molecule has 0 saturated carbocycles. The number of nitrogens with one attached hydrogen (secondary N) is 2. The number of piperazine rings is 1. The highest BCUT2D eigenvalue weighted by atomic mass is 15.3.